The number of amides is 1. The fraction of sp³-hybridized carbons (Fsp3) is 0.375. The van der Waals surface area contributed by atoms with Crippen molar-refractivity contribution in [2.75, 3.05) is 25.0 Å². The zero-order valence-electron chi connectivity index (χ0n) is 18.3. The quantitative estimate of drug-likeness (QED) is 0.479. The van der Waals surface area contributed by atoms with Gasteiger partial charge in [-0.15, -0.1) is 0 Å². The molecule has 0 unspecified atom stereocenters. The van der Waals surface area contributed by atoms with E-state index in [1.165, 1.54) is 6.33 Å². The molecule has 1 amide bonds. The van der Waals surface area contributed by atoms with Gasteiger partial charge in [-0.1, -0.05) is 12.1 Å². The molecule has 0 radical (unpaired) electrons. The van der Waals surface area contributed by atoms with E-state index in [-0.39, 0.29) is 11.9 Å². The minimum Gasteiger partial charge on any atom is -0.392 e. The predicted octanol–water partition coefficient (Wildman–Crippen LogP) is 1.72. The van der Waals surface area contributed by atoms with Crippen LogP contribution in [0, 0.1) is 0 Å². The minimum atomic E-state index is -0.471. The number of hydrogen-bond donors (Lipinski definition) is 3. The summed E-state index contributed by atoms with van der Waals surface area (Å²) in [4.78, 5) is 32.6. The van der Waals surface area contributed by atoms with E-state index in [0.29, 0.717) is 37.7 Å². The number of aryl methyl sites for hydroxylation is 1. The van der Waals surface area contributed by atoms with Gasteiger partial charge in [0.1, 0.15) is 6.33 Å². The molecular weight excluding hydrogens is 418 g/mol. The van der Waals surface area contributed by atoms with Crippen molar-refractivity contribution in [3.8, 4) is 11.4 Å². The molecule has 1 saturated heterocycles. The third-order valence-corrected chi connectivity index (χ3v) is 6.10. The maximum atomic E-state index is 12.8. The Bertz CT molecular complexity index is 1140. The number of pyridine rings is 1. The maximum Gasteiger partial charge on any atom is 0.237 e. The van der Waals surface area contributed by atoms with E-state index in [1.807, 2.05) is 36.4 Å². The van der Waals surface area contributed by atoms with Gasteiger partial charge in [0.05, 0.1) is 12.1 Å². The van der Waals surface area contributed by atoms with Gasteiger partial charge in [-0.25, -0.2) is 9.97 Å². The molecule has 0 spiro atoms. The summed E-state index contributed by atoms with van der Waals surface area (Å²) in [7, 11) is 0. The molecule has 5 rings (SSSR count). The van der Waals surface area contributed by atoms with Crippen LogP contribution in [0.15, 0.2) is 48.9 Å². The molecule has 4 heterocycles. The summed E-state index contributed by atoms with van der Waals surface area (Å²) in [5.74, 6) is 1.04. The van der Waals surface area contributed by atoms with E-state index in [0.717, 1.165) is 41.9 Å². The van der Waals surface area contributed by atoms with E-state index in [2.05, 4.69) is 35.5 Å². The van der Waals surface area contributed by atoms with Gasteiger partial charge in [-0.3, -0.25) is 14.7 Å². The first-order valence-corrected chi connectivity index (χ1v) is 11.3. The van der Waals surface area contributed by atoms with Gasteiger partial charge >= 0.3 is 0 Å². The zero-order chi connectivity index (χ0) is 22.6. The van der Waals surface area contributed by atoms with Crippen LogP contribution in [0.2, 0.25) is 0 Å². The van der Waals surface area contributed by atoms with Gasteiger partial charge in [-0.2, -0.15) is 4.98 Å². The van der Waals surface area contributed by atoms with E-state index in [1.54, 1.807) is 6.20 Å². The number of rotatable bonds is 0. The molecule has 2 aliphatic heterocycles. The molecule has 9 nitrogen and oxygen atoms in total. The number of anilines is 2. The molecule has 3 aromatic rings. The molecule has 0 saturated carbocycles. The van der Waals surface area contributed by atoms with Crippen molar-refractivity contribution in [3.05, 3.63) is 60.2 Å². The van der Waals surface area contributed by atoms with Crippen molar-refractivity contribution in [1.29, 1.82) is 0 Å². The molecule has 3 N–H and O–H groups in total. The summed E-state index contributed by atoms with van der Waals surface area (Å²) in [6, 6.07) is 11.6. The van der Waals surface area contributed by atoms with Crippen LogP contribution in [0.5, 0.6) is 0 Å². The number of carbonyl (C=O) groups is 1. The first kappa shape index (κ1) is 21.4. The second kappa shape index (κ2) is 9.60. The standard InChI is InChI=1S/C24H27N7O2/c32-20-13-21-23(33)26-8-6-16-3-1-4-19(11-16)29-24-28-15-27-22(30-24)17-7-9-25-18(12-17)5-2-10-31(21)14-20/h1,3-4,7,9,11-12,15,20-21,32H,2,5-6,8,10,13-14H2,(H,26,33)(H,27,28,29,30)/t20-,21+/m1/s1. The molecule has 6 bridgehead atoms. The van der Waals surface area contributed by atoms with Gasteiger partial charge < -0.3 is 15.7 Å². The fourth-order valence-corrected chi connectivity index (χ4v) is 4.49. The van der Waals surface area contributed by atoms with Crippen molar-refractivity contribution in [2.24, 2.45) is 0 Å². The number of nitrogens with zero attached hydrogens (tertiary/aromatic N) is 5. The smallest absolute Gasteiger partial charge is 0.237 e. The number of benzene rings is 1. The lowest BCUT2D eigenvalue weighted by Gasteiger charge is -2.23. The average Bonchev–Trinajstić information content (AvgIpc) is 3.20. The van der Waals surface area contributed by atoms with Crippen LogP contribution in [-0.4, -0.2) is 67.6 Å². The summed E-state index contributed by atoms with van der Waals surface area (Å²) < 4.78 is 0. The Morgan fingerprint density at radius 2 is 2.03 bits per heavy atom. The van der Waals surface area contributed by atoms with Crippen LogP contribution in [0.1, 0.15) is 24.1 Å². The van der Waals surface area contributed by atoms with Gasteiger partial charge in [0.2, 0.25) is 11.9 Å². The highest BCUT2D eigenvalue weighted by atomic mass is 16.3. The van der Waals surface area contributed by atoms with Crippen LogP contribution in [-0.2, 0) is 17.6 Å². The van der Waals surface area contributed by atoms with E-state index in [9.17, 15) is 9.90 Å². The molecule has 2 aliphatic rings. The molecule has 2 atom stereocenters. The number of nitrogens with one attached hydrogen (secondary N) is 2. The monoisotopic (exact) mass is 445 g/mol. The number of hydrogen-bond acceptors (Lipinski definition) is 8. The summed E-state index contributed by atoms with van der Waals surface area (Å²) in [5.41, 5.74) is 3.78. The number of aliphatic hydroxyl groups excluding tert-OH is 1. The molecule has 9 heteroatoms. The average molecular weight is 446 g/mol. The highest BCUT2D eigenvalue weighted by Crippen LogP contribution is 2.21. The number of carbonyl (C=O) groups excluding carboxylic acids is 1. The van der Waals surface area contributed by atoms with E-state index >= 15 is 0 Å². The summed E-state index contributed by atoms with van der Waals surface area (Å²) in [6.07, 6.45) is 5.57. The maximum absolute atomic E-state index is 12.8. The Kier molecular flexibility index (Phi) is 6.23. The summed E-state index contributed by atoms with van der Waals surface area (Å²) >= 11 is 0. The van der Waals surface area contributed by atoms with Crippen molar-refractivity contribution < 1.29 is 9.90 Å². The Balaban J connectivity index is 1.44. The fourth-order valence-electron chi connectivity index (χ4n) is 4.49. The number of aromatic nitrogens is 4. The van der Waals surface area contributed by atoms with Crippen LogP contribution in [0.25, 0.3) is 11.4 Å². The topological polar surface area (TPSA) is 116 Å². The zero-order valence-corrected chi connectivity index (χ0v) is 18.3. The third-order valence-electron chi connectivity index (χ3n) is 6.10. The van der Waals surface area contributed by atoms with Crippen LogP contribution < -0.4 is 10.6 Å². The SMILES string of the molecule is O=C1NCCc2cccc(c2)Nc2ncnc(n2)-c2ccnc(c2)CCCN2C[C@H](O)C[C@@H]12. The molecular formula is C24H27N7O2. The van der Waals surface area contributed by atoms with Crippen LogP contribution in [0.4, 0.5) is 11.6 Å². The normalized spacial score (nSPS) is 21.7. The van der Waals surface area contributed by atoms with Crippen molar-refractivity contribution in [1.82, 2.24) is 30.2 Å². The lowest BCUT2D eigenvalue weighted by Crippen LogP contribution is -2.44. The van der Waals surface area contributed by atoms with Crippen molar-refractivity contribution >= 4 is 17.5 Å². The number of aliphatic hydroxyl groups is 1. The molecule has 33 heavy (non-hydrogen) atoms. The van der Waals surface area contributed by atoms with E-state index < -0.39 is 6.10 Å². The Labute approximate surface area is 192 Å². The minimum absolute atomic E-state index is 0.0191. The van der Waals surface area contributed by atoms with Gasteiger partial charge in [0.25, 0.3) is 0 Å². The lowest BCUT2D eigenvalue weighted by atomic mass is 10.1. The third kappa shape index (κ3) is 5.15. The molecule has 170 valence electrons. The predicted molar refractivity (Wildman–Crippen MR) is 124 cm³/mol. The Hall–Kier alpha value is -3.43. The lowest BCUT2D eigenvalue weighted by molar-refractivity contribution is -0.125. The molecule has 1 fully saturated rings. The van der Waals surface area contributed by atoms with Crippen molar-refractivity contribution in [3.63, 3.8) is 0 Å². The highest BCUT2D eigenvalue weighted by Gasteiger charge is 2.35. The largest absolute Gasteiger partial charge is 0.392 e. The van der Waals surface area contributed by atoms with E-state index in [4.69, 9.17) is 0 Å². The summed E-state index contributed by atoms with van der Waals surface area (Å²) in [6.45, 7) is 1.78. The second-order valence-electron chi connectivity index (χ2n) is 8.54. The Morgan fingerprint density at radius 1 is 1.09 bits per heavy atom. The summed E-state index contributed by atoms with van der Waals surface area (Å²) in [5, 5.41) is 16.5. The van der Waals surface area contributed by atoms with Gasteiger partial charge in [-0.05, 0) is 62.1 Å². The van der Waals surface area contributed by atoms with Gasteiger partial charge in [0, 0.05) is 36.2 Å². The molecule has 0 aliphatic carbocycles. The van der Waals surface area contributed by atoms with Crippen LogP contribution >= 0.6 is 0 Å². The second-order valence-corrected chi connectivity index (χ2v) is 8.54. The molecule has 2 aromatic heterocycles. The van der Waals surface area contributed by atoms with Crippen molar-refractivity contribution in [2.45, 2.75) is 37.8 Å². The Morgan fingerprint density at radius 3 is 2.97 bits per heavy atom. The molecule has 1 aromatic carbocycles. The first-order valence-electron chi connectivity index (χ1n) is 11.3. The van der Waals surface area contributed by atoms with Crippen LogP contribution in [0.3, 0.4) is 0 Å². The van der Waals surface area contributed by atoms with Gasteiger partial charge in [0.15, 0.2) is 5.82 Å². The number of fused-ring (bicyclic) bond motifs is 8. The highest BCUT2D eigenvalue weighted by molar-refractivity contribution is 5.82. The first-order chi connectivity index (χ1) is 16.1.